The highest BCUT2D eigenvalue weighted by molar-refractivity contribution is 5.81. The summed E-state index contributed by atoms with van der Waals surface area (Å²) in [5, 5.41) is 0. The fourth-order valence-electron chi connectivity index (χ4n) is 2.18. The molecule has 1 saturated heterocycles. The van der Waals surface area contributed by atoms with Gasteiger partial charge in [-0.1, -0.05) is 6.92 Å². The van der Waals surface area contributed by atoms with Gasteiger partial charge in [0.05, 0.1) is 18.2 Å². The molecule has 1 rings (SSSR count). The highest BCUT2D eigenvalue weighted by Crippen LogP contribution is 2.15. The zero-order chi connectivity index (χ0) is 11.4. The molecule has 0 radical (unpaired) electrons. The van der Waals surface area contributed by atoms with E-state index in [1.54, 1.807) is 0 Å². The summed E-state index contributed by atoms with van der Waals surface area (Å²) in [7, 11) is 0. The molecule has 0 aromatic rings. The van der Waals surface area contributed by atoms with E-state index in [0.717, 1.165) is 19.5 Å². The summed E-state index contributed by atoms with van der Waals surface area (Å²) in [5.74, 6) is 5.05. The van der Waals surface area contributed by atoms with Crippen molar-refractivity contribution in [2.45, 2.75) is 45.4 Å². The summed E-state index contributed by atoms with van der Waals surface area (Å²) in [6, 6.07) is -0.135. The second kappa shape index (κ2) is 5.44. The van der Waals surface area contributed by atoms with E-state index >= 15 is 0 Å². The van der Waals surface area contributed by atoms with E-state index in [0.29, 0.717) is 0 Å². The zero-order valence-electron chi connectivity index (χ0n) is 9.69. The number of hydrazine groups is 1. The molecule has 0 bridgehead atoms. The van der Waals surface area contributed by atoms with Gasteiger partial charge in [-0.2, -0.15) is 0 Å². The van der Waals surface area contributed by atoms with Crippen molar-refractivity contribution >= 4 is 5.91 Å². The van der Waals surface area contributed by atoms with Gasteiger partial charge in [-0.05, 0) is 20.3 Å². The van der Waals surface area contributed by atoms with Crippen molar-refractivity contribution in [3.63, 3.8) is 0 Å². The highest BCUT2D eigenvalue weighted by atomic mass is 16.5. The molecule has 0 aliphatic carbocycles. The zero-order valence-corrected chi connectivity index (χ0v) is 9.69. The summed E-state index contributed by atoms with van der Waals surface area (Å²) >= 11 is 0. The Morgan fingerprint density at radius 1 is 1.53 bits per heavy atom. The van der Waals surface area contributed by atoms with Crippen LogP contribution in [0.2, 0.25) is 0 Å². The van der Waals surface area contributed by atoms with Crippen LogP contribution in [0.25, 0.3) is 0 Å². The van der Waals surface area contributed by atoms with Gasteiger partial charge in [0, 0.05) is 13.1 Å². The summed E-state index contributed by atoms with van der Waals surface area (Å²) in [6.45, 7) is 7.61. The van der Waals surface area contributed by atoms with Crippen LogP contribution in [0.3, 0.4) is 0 Å². The molecule has 1 aliphatic rings. The van der Waals surface area contributed by atoms with Gasteiger partial charge in [0.1, 0.15) is 0 Å². The number of carbonyl (C=O) groups excluding carboxylic acids is 1. The molecule has 0 unspecified atom stereocenters. The fraction of sp³-hybridized carbons (Fsp3) is 0.900. The minimum atomic E-state index is -0.135. The number of carbonyl (C=O) groups is 1. The van der Waals surface area contributed by atoms with Crippen LogP contribution in [-0.4, -0.2) is 42.1 Å². The van der Waals surface area contributed by atoms with E-state index in [4.69, 9.17) is 10.6 Å². The summed E-state index contributed by atoms with van der Waals surface area (Å²) in [4.78, 5) is 13.7. The molecule has 88 valence electrons. The number of hydrogen-bond donors (Lipinski definition) is 2. The maximum absolute atomic E-state index is 11.5. The Bertz CT molecular complexity index is 213. The van der Waals surface area contributed by atoms with Crippen molar-refractivity contribution in [2.75, 3.05) is 13.1 Å². The Morgan fingerprint density at radius 2 is 2.07 bits per heavy atom. The second-order valence-electron chi connectivity index (χ2n) is 4.14. The second-order valence-corrected chi connectivity index (χ2v) is 4.14. The summed E-state index contributed by atoms with van der Waals surface area (Å²) in [6.07, 6.45) is 1.12. The monoisotopic (exact) mass is 215 g/mol. The Morgan fingerprint density at radius 3 is 2.47 bits per heavy atom. The lowest BCUT2D eigenvalue weighted by atomic mass is 10.1. The normalized spacial score (nSPS) is 29.9. The largest absolute Gasteiger partial charge is 0.373 e. The number of rotatable bonds is 3. The maximum atomic E-state index is 11.5. The Kier molecular flexibility index (Phi) is 4.50. The number of amides is 1. The average Bonchev–Trinajstić information content (AvgIpc) is 2.17. The third-order valence-electron chi connectivity index (χ3n) is 2.72. The molecule has 0 spiro atoms. The fourth-order valence-corrected chi connectivity index (χ4v) is 2.18. The summed E-state index contributed by atoms with van der Waals surface area (Å²) in [5.41, 5.74) is 2.22. The first kappa shape index (κ1) is 12.4. The minimum Gasteiger partial charge on any atom is -0.373 e. The predicted octanol–water partition coefficient (Wildman–Crippen LogP) is -0.136. The van der Waals surface area contributed by atoms with Crippen LogP contribution in [0, 0.1) is 0 Å². The van der Waals surface area contributed by atoms with E-state index in [-0.39, 0.29) is 24.2 Å². The first-order valence-electron chi connectivity index (χ1n) is 5.48. The van der Waals surface area contributed by atoms with Gasteiger partial charge in [0.25, 0.3) is 5.91 Å². The van der Waals surface area contributed by atoms with Gasteiger partial charge in [0.2, 0.25) is 0 Å². The quantitative estimate of drug-likeness (QED) is 0.391. The molecule has 3 atom stereocenters. The van der Waals surface area contributed by atoms with Crippen LogP contribution in [0.1, 0.15) is 27.2 Å². The van der Waals surface area contributed by atoms with Crippen LogP contribution in [0.15, 0.2) is 0 Å². The molecule has 1 fully saturated rings. The molecule has 5 nitrogen and oxygen atoms in total. The van der Waals surface area contributed by atoms with Gasteiger partial charge < -0.3 is 4.74 Å². The van der Waals surface area contributed by atoms with Crippen LogP contribution in [0.5, 0.6) is 0 Å². The molecule has 5 heteroatoms. The summed E-state index contributed by atoms with van der Waals surface area (Å²) < 4.78 is 5.62. The van der Waals surface area contributed by atoms with Crippen molar-refractivity contribution < 1.29 is 9.53 Å². The lowest BCUT2D eigenvalue weighted by molar-refractivity contribution is -0.133. The molecule has 15 heavy (non-hydrogen) atoms. The van der Waals surface area contributed by atoms with Crippen molar-refractivity contribution in [1.29, 1.82) is 0 Å². The Balaban J connectivity index is 2.63. The van der Waals surface area contributed by atoms with Crippen LogP contribution < -0.4 is 11.3 Å². The average molecular weight is 215 g/mol. The van der Waals surface area contributed by atoms with Gasteiger partial charge in [-0.25, -0.2) is 5.84 Å². The molecule has 3 N–H and O–H groups in total. The van der Waals surface area contributed by atoms with Crippen molar-refractivity contribution in [3.05, 3.63) is 0 Å². The molecule has 1 aliphatic heterocycles. The van der Waals surface area contributed by atoms with Crippen molar-refractivity contribution in [2.24, 2.45) is 5.84 Å². The number of nitrogens with two attached hydrogens (primary N) is 1. The van der Waals surface area contributed by atoms with E-state index in [9.17, 15) is 4.79 Å². The minimum absolute atomic E-state index is 0.112. The molecular formula is C10H21N3O2. The van der Waals surface area contributed by atoms with Gasteiger partial charge in [-0.3, -0.25) is 15.1 Å². The molecule has 1 amide bonds. The van der Waals surface area contributed by atoms with Gasteiger partial charge in [0.15, 0.2) is 0 Å². The maximum Gasteiger partial charge on any atom is 0.251 e. The van der Waals surface area contributed by atoms with E-state index in [1.165, 1.54) is 0 Å². The van der Waals surface area contributed by atoms with E-state index < -0.39 is 0 Å². The SMILES string of the molecule is CC[C@@H](C(=O)NN)N1C[C@H](C)O[C@@H](C)C1. The smallest absolute Gasteiger partial charge is 0.251 e. The van der Waals surface area contributed by atoms with Gasteiger partial charge in [-0.15, -0.1) is 0 Å². The number of ether oxygens (including phenoxy) is 1. The molecule has 0 aromatic carbocycles. The molecule has 1 heterocycles. The molecule has 0 saturated carbocycles. The lowest BCUT2D eigenvalue weighted by Gasteiger charge is -2.38. The lowest BCUT2D eigenvalue weighted by Crippen LogP contribution is -2.55. The molecular weight excluding hydrogens is 194 g/mol. The number of nitrogens with one attached hydrogen (secondary N) is 1. The molecule has 0 aromatic heterocycles. The third kappa shape index (κ3) is 3.15. The van der Waals surface area contributed by atoms with Gasteiger partial charge >= 0.3 is 0 Å². The first-order valence-corrected chi connectivity index (χ1v) is 5.48. The van der Waals surface area contributed by atoms with Crippen molar-refractivity contribution in [3.8, 4) is 0 Å². The number of nitrogens with zero attached hydrogens (tertiary/aromatic N) is 1. The van der Waals surface area contributed by atoms with Crippen LogP contribution in [-0.2, 0) is 9.53 Å². The predicted molar refractivity (Wildman–Crippen MR) is 58.0 cm³/mol. The topological polar surface area (TPSA) is 67.6 Å². The Labute approximate surface area is 90.9 Å². The van der Waals surface area contributed by atoms with E-state index in [1.807, 2.05) is 20.8 Å². The van der Waals surface area contributed by atoms with Crippen LogP contribution in [0.4, 0.5) is 0 Å². The number of morpholine rings is 1. The van der Waals surface area contributed by atoms with Crippen molar-refractivity contribution in [1.82, 2.24) is 10.3 Å². The highest BCUT2D eigenvalue weighted by Gasteiger charge is 2.30. The number of hydrogen-bond acceptors (Lipinski definition) is 4. The van der Waals surface area contributed by atoms with Crippen LogP contribution >= 0.6 is 0 Å². The first-order chi connectivity index (χ1) is 7.08. The van der Waals surface area contributed by atoms with E-state index in [2.05, 4.69) is 10.3 Å². The third-order valence-corrected chi connectivity index (χ3v) is 2.72. The standard InChI is InChI=1S/C10H21N3O2/c1-4-9(10(14)12-11)13-5-7(2)15-8(3)6-13/h7-9H,4-6,11H2,1-3H3,(H,12,14)/t7-,8-,9-/m0/s1. The Hall–Kier alpha value is -0.650.